The molecule has 1 aromatic heterocycles. The Morgan fingerprint density at radius 2 is 1.54 bits per heavy atom. The molecule has 0 saturated carbocycles. The van der Waals surface area contributed by atoms with Crippen LogP contribution in [0.5, 0.6) is 0 Å². The Hall–Kier alpha value is -3.26. The topological polar surface area (TPSA) is 71.3 Å². The molecule has 0 aliphatic carbocycles. The Balaban J connectivity index is 1.69. The second-order valence-corrected chi connectivity index (χ2v) is 6.06. The van der Waals surface area contributed by atoms with Gasteiger partial charge in [-0.3, -0.25) is 9.59 Å². The van der Waals surface area contributed by atoms with Crippen LogP contribution in [-0.4, -0.2) is 11.8 Å². The number of anilines is 2. The van der Waals surface area contributed by atoms with Gasteiger partial charge in [0.05, 0.1) is 16.8 Å². The molecule has 2 aromatic carbocycles. The molecule has 2 amide bonds. The van der Waals surface area contributed by atoms with Gasteiger partial charge in [0.1, 0.15) is 0 Å². The average Bonchev–Trinajstić information content (AvgIpc) is 3.18. The molecule has 0 aliphatic heterocycles. The molecule has 2 N–H and O–H groups in total. The van der Waals surface area contributed by atoms with E-state index in [4.69, 9.17) is 16.0 Å². The molecule has 0 unspecified atom stereocenters. The highest BCUT2D eigenvalue weighted by Crippen LogP contribution is 2.36. The Morgan fingerprint density at radius 3 is 2.14 bits per heavy atom. The first-order valence-corrected chi connectivity index (χ1v) is 8.25. The van der Waals surface area contributed by atoms with Gasteiger partial charge >= 0.3 is 6.18 Å². The number of furan rings is 1. The minimum Gasteiger partial charge on any atom is -0.459 e. The number of hydrogen-bond acceptors (Lipinski definition) is 3. The van der Waals surface area contributed by atoms with Gasteiger partial charge in [0.25, 0.3) is 11.8 Å². The van der Waals surface area contributed by atoms with E-state index >= 15 is 0 Å². The Morgan fingerprint density at radius 1 is 0.893 bits per heavy atom. The molecule has 0 aliphatic rings. The Bertz CT molecular complexity index is 1000. The van der Waals surface area contributed by atoms with Crippen LogP contribution >= 0.6 is 11.6 Å². The summed E-state index contributed by atoms with van der Waals surface area (Å²) in [6.45, 7) is 0. The lowest BCUT2D eigenvalue weighted by molar-refractivity contribution is -0.137. The molecule has 144 valence electrons. The predicted molar refractivity (Wildman–Crippen MR) is 97.5 cm³/mol. The quantitative estimate of drug-likeness (QED) is 0.602. The van der Waals surface area contributed by atoms with Crippen molar-refractivity contribution in [3.05, 3.63) is 82.8 Å². The van der Waals surface area contributed by atoms with Gasteiger partial charge in [0, 0.05) is 16.9 Å². The molecule has 0 spiro atoms. The molecule has 0 atom stereocenters. The van der Waals surface area contributed by atoms with Crippen molar-refractivity contribution >= 4 is 34.8 Å². The van der Waals surface area contributed by atoms with Crippen LogP contribution in [0.25, 0.3) is 0 Å². The highest BCUT2D eigenvalue weighted by molar-refractivity contribution is 6.31. The molecule has 3 rings (SSSR count). The number of hydrogen-bond donors (Lipinski definition) is 2. The van der Waals surface area contributed by atoms with E-state index in [9.17, 15) is 22.8 Å². The van der Waals surface area contributed by atoms with E-state index in [0.717, 1.165) is 12.1 Å². The maximum absolute atomic E-state index is 12.9. The van der Waals surface area contributed by atoms with E-state index in [0.29, 0.717) is 5.69 Å². The number of halogens is 4. The molecule has 1 heterocycles. The number of benzene rings is 2. The van der Waals surface area contributed by atoms with E-state index < -0.39 is 28.6 Å². The molecule has 5 nitrogen and oxygen atoms in total. The van der Waals surface area contributed by atoms with Crippen molar-refractivity contribution in [2.75, 3.05) is 10.6 Å². The lowest BCUT2D eigenvalue weighted by Crippen LogP contribution is -2.14. The van der Waals surface area contributed by atoms with Crippen molar-refractivity contribution in [3.63, 3.8) is 0 Å². The molecule has 28 heavy (non-hydrogen) atoms. The van der Waals surface area contributed by atoms with Crippen LogP contribution in [0.2, 0.25) is 5.02 Å². The van der Waals surface area contributed by atoms with Gasteiger partial charge in [-0.2, -0.15) is 13.2 Å². The minimum atomic E-state index is -4.63. The van der Waals surface area contributed by atoms with Crippen molar-refractivity contribution in [1.29, 1.82) is 0 Å². The standard InChI is InChI=1S/C19H12ClF3N2O3/c20-15-8-7-13(10-14(15)19(21,22)23)25-17(26)11-3-5-12(6-4-11)24-18(27)16-2-1-9-28-16/h1-10H,(H,24,27)(H,25,26). The Kier molecular flexibility index (Phi) is 5.41. The summed E-state index contributed by atoms with van der Waals surface area (Å²) in [7, 11) is 0. The first-order chi connectivity index (χ1) is 13.2. The molecular weight excluding hydrogens is 397 g/mol. The first kappa shape index (κ1) is 19.5. The monoisotopic (exact) mass is 408 g/mol. The van der Waals surface area contributed by atoms with Crippen LogP contribution in [0.1, 0.15) is 26.5 Å². The number of nitrogens with one attached hydrogen (secondary N) is 2. The molecule has 0 radical (unpaired) electrons. The van der Waals surface area contributed by atoms with Gasteiger partial charge in [-0.15, -0.1) is 0 Å². The number of carbonyl (C=O) groups excluding carboxylic acids is 2. The van der Waals surface area contributed by atoms with Gasteiger partial charge in [0.2, 0.25) is 0 Å². The lowest BCUT2D eigenvalue weighted by atomic mass is 10.1. The summed E-state index contributed by atoms with van der Waals surface area (Å²) in [4.78, 5) is 24.1. The molecule has 0 bridgehead atoms. The predicted octanol–water partition coefficient (Wildman–Crippen LogP) is 5.46. The van der Waals surface area contributed by atoms with Crippen LogP contribution in [0.3, 0.4) is 0 Å². The number of alkyl halides is 3. The molecule has 9 heteroatoms. The van der Waals surface area contributed by atoms with Crippen LogP contribution in [0.4, 0.5) is 24.5 Å². The third-order valence-electron chi connectivity index (χ3n) is 3.68. The van der Waals surface area contributed by atoms with Crippen molar-refractivity contribution in [1.82, 2.24) is 0 Å². The minimum absolute atomic E-state index is 0.0445. The SMILES string of the molecule is O=C(Nc1ccc(Cl)c(C(F)(F)F)c1)c1ccc(NC(=O)c2ccco2)cc1. The summed E-state index contributed by atoms with van der Waals surface area (Å²) in [6.07, 6.45) is -3.27. The molecular formula is C19H12ClF3N2O3. The summed E-state index contributed by atoms with van der Waals surface area (Å²) in [6, 6.07) is 12.0. The van der Waals surface area contributed by atoms with Gasteiger partial charge in [-0.25, -0.2) is 0 Å². The van der Waals surface area contributed by atoms with E-state index in [1.165, 1.54) is 42.7 Å². The number of amides is 2. The zero-order chi connectivity index (χ0) is 20.3. The van der Waals surface area contributed by atoms with Crippen LogP contribution in [0, 0.1) is 0 Å². The summed E-state index contributed by atoms with van der Waals surface area (Å²) in [5.41, 5.74) is -0.469. The zero-order valence-electron chi connectivity index (χ0n) is 14.0. The molecule has 0 saturated heterocycles. The maximum Gasteiger partial charge on any atom is 0.417 e. The summed E-state index contributed by atoms with van der Waals surface area (Å²) in [5, 5.41) is 4.51. The van der Waals surface area contributed by atoms with Gasteiger partial charge in [-0.1, -0.05) is 11.6 Å². The van der Waals surface area contributed by atoms with Crippen molar-refractivity contribution in [2.24, 2.45) is 0 Å². The van der Waals surface area contributed by atoms with E-state index in [2.05, 4.69) is 10.6 Å². The van der Waals surface area contributed by atoms with Crippen LogP contribution in [-0.2, 0) is 6.18 Å². The van der Waals surface area contributed by atoms with E-state index in [1.807, 2.05) is 0 Å². The maximum atomic E-state index is 12.9. The largest absolute Gasteiger partial charge is 0.459 e. The highest BCUT2D eigenvalue weighted by atomic mass is 35.5. The average molecular weight is 409 g/mol. The molecule has 0 fully saturated rings. The van der Waals surface area contributed by atoms with Gasteiger partial charge < -0.3 is 15.1 Å². The normalized spacial score (nSPS) is 11.1. The fourth-order valence-electron chi connectivity index (χ4n) is 2.33. The van der Waals surface area contributed by atoms with Crippen molar-refractivity contribution in [2.45, 2.75) is 6.18 Å². The number of rotatable bonds is 4. The smallest absolute Gasteiger partial charge is 0.417 e. The van der Waals surface area contributed by atoms with Gasteiger partial charge in [-0.05, 0) is 54.6 Å². The fraction of sp³-hybridized carbons (Fsp3) is 0.0526. The second-order valence-electron chi connectivity index (χ2n) is 5.66. The third-order valence-corrected chi connectivity index (χ3v) is 4.01. The van der Waals surface area contributed by atoms with E-state index in [-0.39, 0.29) is 17.0 Å². The third kappa shape index (κ3) is 4.52. The highest BCUT2D eigenvalue weighted by Gasteiger charge is 2.33. The fourth-order valence-corrected chi connectivity index (χ4v) is 2.55. The van der Waals surface area contributed by atoms with Gasteiger partial charge in [0.15, 0.2) is 5.76 Å². The van der Waals surface area contributed by atoms with Crippen LogP contribution < -0.4 is 10.6 Å². The van der Waals surface area contributed by atoms with E-state index in [1.54, 1.807) is 6.07 Å². The summed E-state index contributed by atoms with van der Waals surface area (Å²) < 4.78 is 43.7. The Labute approximate surface area is 162 Å². The number of carbonyl (C=O) groups is 2. The first-order valence-electron chi connectivity index (χ1n) is 7.87. The van der Waals surface area contributed by atoms with Crippen molar-refractivity contribution in [3.8, 4) is 0 Å². The molecule has 3 aromatic rings. The summed E-state index contributed by atoms with van der Waals surface area (Å²) >= 11 is 5.56. The van der Waals surface area contributed by atoms with Crippen LogP contribution in [0.15, 0.2) is 65.3 Å². The van der Waals surface area contributed by atoms with Crippen molar-refractivity contribution < 1.29 is 27.2 Å². The summed E-state index contributed by atoms with van der Waals surface area (Å²) in [5.74, 6) is -0.938. The second kappa shape index (κ2) is 7.77. The zero-order valence-corrected chi connectivity index (χ0v) is 14.8. The lowest BCUT2D eigenvalue weighted by Gasteiger charge is -2.12.